The summed E-state index contributed by atoms with van der Waals surface area (Å²) < 4.78 is 36.2. The van der Waals surface area contributed by atoms with Crippen LogP contribution in [0, 0.1) is 0 Å². The molecule has 5 nitrogen and oxygen atoms in total. The molecule has 1 aromatic heterocycles. The zero-order valence-corrected chi connectivity index (χ0v) is 24.3. The van der Waals surface area contributed by atoms with Crippen molar-refractivity contribution in [1.82, 2.24) is 0 Å². The van der Waals surface area contributed by atoms with Crippen molar-refractivity contribution in [2.24, 2.45) is 7.05 Å². The maximum absolute atomic E-state index is 11.2. The number of aromatic nitrogens is 1. The third-order valence-corrected chi connectivity index (χ3v) is 14.9. The molecule has 176 valence electrons. The molecule has 1 atom stereocenters. The van der Waals surface area contributed by atoms with Crippen molar-refractivity contribution in [3.05, 3.63) is 56.9 Å². The normalized spacial score (nSPS) is 19.3. The number of anilines is 1. The molecule has 0 spiro atoms. The van der Waals surface area contributed by atoms with Gasteiger partial charge in [-0.05, 0) is 0 Å². The molecule has 0 amide bonds. The van der Waals surface area contributed by atoms with Crippen LogP contribution in [0.3, 0.4) is 0 Å². The second-order valence-electron chi connectivity index (χ2n) is 7.67. The number of allylic oxidation sites excluding steroid dienone is 2. The fourth-order valence-corrected chi connectivity index (χ4v) is 11.3. The molecule has 0 radical (unpaired) electrons. The van der Waals surface area contributed by atoms with Gasteiger partial charge < -0.3 is 0 Å². The maximum atomic E-state index is 11.2. The molecule has 2 aliphatic rings. The van der Waals surface area contributed by atoms with E-state index in [0.717, 1.165) is 17.1 Å². The minimum atomic E-state index is -3.96. The van der Waals surface area contributed by atoms with Crippen molar-refractivity contribution >= 4 is 87.5 Å². The Bertz CT molecular complexity index is 1230. The molecule has 33 heavy (non-hydrogen) atoms. The number of rotatable bonds is 8. The minimum Gasteiger partial charge on any atom is -0.286 e. The van der Waals surface area contributed by atoms with Crippen LogP contribution in [0.2, 0.25) is 0 Å². The first-order valence-corrected chi connectivity index (χ1v) is 17.7. The van der Waals surface area contributed by atoms with Gasteiger partial charge in [-0.15, -0.1) is 0 Å². The predicted octanol–water partition coefficient (Wildman–Crippen LogP) is 4.14. The molecule has 10 heteroatoms. The van der Waals surface area contributed by atoms with E-state index in [1.165, 1.54) is 24.1 Å². The molecule has 3 heterocycles. The van der Waals surface area contributed by atoms with Crippen molar-refractivity contribution < 1.29 is 17.5 Å². The van der Waals surface area contributed by atoms with E-state index in [-0.39, 0.29) is 26.7 Å². The van der Waals surface area contributed by atoms with Crippen LogP contribution in [-0.2, 0) is 17.2 Å². The average Bonchev–Trinajstić information content (AvgIpc) is 3.29. The fourth-order valence-electron chi connectivity index (χ4n) is 3.66. The molecule has 1 aromatic carbocycles. The SMILES string of the molecule is CCC(=Cc1sc2c([n+]1C)[Te]C(SC)C=C2)C=C1Sc2ccccc2N1CCCS(=O)(=O)O. The van der Waals surface area contributed by atoms with Gasteiger partial charge in [0.15, 0.2) is 0 Å². The molecule has 0 saturated heterocycles. The van der Waals surface area contributed by atoms with Crippen molar-refractivity contribution in [2.45, 2.75) is 28.0 Å². The number of thioether (sulfide) groups is 2. The molecular formula is C23H27N2O3S4Te+. The smallest absolute Gasteiger partial charge is 0.286 e. The van der Waals surface area contributed by atoms with Crippen molar-refractivity contribution in [1.29, 1.82) is 0 Å². The van der Waals surface area contributed by atoms with E-state index >= 15 is 0 Å². The quantitative estimate of drug-likeness (QED) is 0.268. The average molecular weight is 635 g/mol. The van der Waals surface area contributed by atoms with Gasteiger partial charge in [-0.3, -0.25) is 4.55 Å². The molecule has 0 aliphatic carbocycles. The van der Waals surface area contributed by atoms with Crippen LogP contribution in [0.5, 0.6) is 0 Å². The van der Waals surface area contributed by atoms with E-state index in [0.29, 0.717) is 16.3 Å². The topological polar surface area (TPSA) is 61.5 Å². The minimum absolute atomic E-state index is 0.231. The second-order valence-corrected chi connectivity index (χ2v) is 16.5. The van der Waals surface area contributed by atoms with E-state index < -0.39 is 10.1 Å². The number of hydrogen-bond acceptors (Lipinski definition) is 6. The van der Waals surface area contributed by atoms with Crippen LogP contribution in [-0.4, -0.2) is 55.7 Å². The van der Waals surface area contributed by atoms with Crippen molar-refractivity contribution in [3.8, 4) is 0 Å². The summed E-state index contributed by atoms with van der Waals surface area (Å²) in [4.78, 5) is 4.74. The third kappa shape index (κ3) is 6.10. The Balaban J connectivity index is 1.62. The Labute approximate surface area is 218 Å². The summed E-state index contributed by atoms with van der Waals surface area (Å²) in [6, 6.07) is 8.19. The van der Waals surface area contributed by atoms with Gasteiger partial charge in [-0.25, -0.2) is 0 Å². The van der Waals surface area contributed by atoms with E-state index in [1.807, 2.05) is 35.2 Å². The molecule has 4 rings (SSSR count). The molecule has 0 bridgehead atoms. The molecule has 2 aromatic rings. The summed E-state index contributed by atoms with van der Waals surface area (Å²) >= 11 is 5.27. The monoisotopic (exact) mass is 637 g/mol. The van der Waals surface area contributed by atoms with Gasteiger partial charge in [-0.1, -0.05) is 0 Å². The Kier molecular flexibility index (Phi) is 8.38. The Hall–Kier alpha value is -0.730. The fraction of sp³-hybridized carbons (Fsp3) is 0.348. The van der Waals surface area contributed by atoms with E-state index in [1.54, 1.807) is 11.8 Å². The first kappa shape index (κ1) is 25.4. The van der Waals surface area contributed by atoms with E-state index in [9.17, 15) is 8.42 Å². The Morgan fingerprint density at radius 1 is 1.36 bits per heavy atom. The predicted molar refractivity (Wildman–Crippen MR) is 144 cm³/mol. The molecule has 2 aliphatic heterocycles. The van der Waals surface area contributed by atoms with E-state index in [2.05, 4.69) is 66.1 Å². The first-order valence-electron chi connectivity index (χ1n) is 10.6. The van der Waals surface area contributed by atoms with Crippen LogP contribution >= 0.6 is 34.9 Å². The number of fused-ring (bicyclic) bond motifs is 2. The summed E-state index contributed by atoms with van der Waals surface area (Å²) in [5, 5.41) is 2.36. The number of nitrogens with zero attached hydrogens (tertiary/aromatic N) is 2. The molecule has 0 fully saturated rings. The van der Waals surface area contributed by atoms with Gasteiger partial charge in [-0.2, -0.15) is 8.42 Å². The molecule has 1 N–H and O–H groups in total. The van der Waals surface area contributed by atoms with Gasteiger partial charge in [0, 0.05) is 0 Å². The van der Waals surface area contributed by atoms with Gasteiger partial charge in [0.2, 0.25) is 0 Å². The van der Waals surface area contributed by atoms with Crippen molar-refractivity contribution in [2.75, 3.05) is 23.5 Å². The van der Waals surface area contributed by atoms with Gasteiger partial charge >= 0.3 is 207 Å². The van der Waals surface area contributed by atoms with Crippen LogP contribution in [0.15, 0.2) is 51.9 Å². The number of benzene rings is 1. The summed E-state index contributed by atoms with van der Waals surface area (Å²) in [7, 11) is -1.78. The van der Waals surface area contributed by atoms with Gasteiger partial charge in [0.05, 0.1) is 0 Å². The number of hydrogen-bond donors (Lipinski definition) is 1. The Morgan fingerprint density at radius 3 is 2.88 bits per heavy atom. The van der Waals surface area contributed by atoms with Gasteiger partial charge in [0.25, 0.3) is 0 Å². The first-order chi connectivity index (χ1) is 15.8. The second kappa shape index (κ2) is 10.9. The van der Waals surface area contributed by atoms with E-state index in [4.69, 9.17) is 4.55 Å². The third-order valence-electron chi connectivity index (χ3n) is 5.37. The molecule has 1 unspecified atom stereocenters. The molecule has 0 saturated carbocycles. The van der Waals surface area contributed by atoms with Crippen LogP contribution in [0.4, 0.5) is 5.69 Å². The van der Waals surface area contributed by atoms with Crippen LogP contribution < -0.4 is 13.2 Å². The summed E-state index contributed by atoms with van der Waals surface area (Å²) in [5.74, 6) is -0.231. The van der Waals surface area contributed by atoms with Gasteiger partial charge in [0.1, 0.15) is 0 Å². The summed E-state index contributed by atoms with van der Waals surface area (Å²) in [6.45, 7) is 2.71. The van der Waals surface area contributed by atoms with Crippen LogP contribution in [0.1, 0.15) is 29.7 Å². The number of para-hydroxylation sites is 1. The van der Waals surface area contributed by atoms with Crippen molar-refractivity contribution in [3.63, 3.8) is 0 Å². The molecular weight excluding hydrogens is 608 g/mol. The summed E-state index contributed by atoms with van der Waals surface area (Å²) in [6.07, 6.45) is 12.6. The Morgan fingerprint density at radius 2 is 2.15 bits per heavy atom. The zero-order chi connectivity index (χ0) is 23.6. The van der Waals surface area contributed by atoms with Crippen LogP contribution in [0.25, 0.3) is 12.2 Å². The number of thiazole rings is 1. The summed E-state index contributed by atoms with van der Waals surface area (Å²) in [5.41, 5.74) is 2.33. The zero-order valence-electron chi connectivity index (χ0n) is 18.7. The standard InChI is InChI=1S/C23H26N2O3S4Te/c1-4-16(14-20-24(2)23-19(31-20)10-11-22(29-3)33-23)15-21-25(12-7-13-32(26,27)28)17-8-5-6-9-18(17)30-21/h5-6,8-11,14-15,22H,4,7,12-13H2,1-3H3/p+1.